The molecule has 0 radical (unpaired) electrons. The SMILES string of the molecule is CCc1nnc(Sc2cccs2)c(/C(N)=N/O)c1CC. The highest BCUT2D eigenvalue weighted by atomic mass is 32.2. The molecule has 3 N–H and O–H groups in total. The summed E-state index contributed by atoms with van der Waals surface area (Å²) in [5.74, 6) is 0.0884. The van der Waals surface area contributed by atoms with Gasteiger partial charge in [0.25, 0.3) is 0 Å². The highest BCUT2D eigenvalue weighted by Crippen LogP contribution is 2.33. The minimum Gasteiger partial charge on any atom is -0.409 e. The third-order valence-corrected chi connectivity index (χ3v) is 4.89. The van der Waals surface area contributed by atoms with Crippen LogP contribution in [0.25, 0.3) is 0 Å². The van der Waals surface area contributed by atoms with Gasteiger partial charge in [-0.3, -0.25) is 0 Å². The maximum absolute atomic E-state index is 9.03. The van der Waals surface area contributed by atoms with Crippen molar-refractivity contribution in [1.29, 1.82) is 0 Å². The van der Waals surface area contributed by atoms with E-state index in [1.54, 1.807) is 11.3 Å². The largest absolute Gasteiger partial charge is 0.409 e. The summed E-state index contributed by atoms with van der Waals surface area (Å²) in [5, 5.41) is 23.4. The summed E-state index contributed by atoms with van der Waals surface area (Å²) in [7, 11) is 0. The van der Waals surface area contributed by atoms with Crippen molar-refractivity contribution in [2.45, 2.75) is 35.9 Å². The second kappa shape index (κ2) is 6.71. The number of nitrogens with two attached hydrogens (primary N) is 1. The second-order valence-corrected chi connectivity index (χ2v) is 6.27. The molecule has 0 fully saturated rings. The molecule has 7 heteroatoms. The van der Waals surface area contributed by atoms with E-state index >= 15 is 0 Å². The van der Waals surface area contributed by atoms with E-state index in [1.165, 1.54) is 11.8 Å². The van der Waals surface area contributed by atoms with Gasteiger partial charge in [-0.15, -0.1) is 16.4 Å². The van der Waals surface area contributed by atoms with Crippen molar-refractivity contribution in [3.63, 3.8) is 0 Å². The lowest BCUT2D eigenvalue weighted by Gasteiger charge is -2.13. The van der Waals surface area contributed by atoms with Gasteiger partial charge in [-0.2, -0.15) is 5.10 Å². The van der Waals surface area contributed by atoms with Crippen LogP contribution in [0.5, 0.6) is 0 Å². The summed E-state index contributed by atoms with van der Waals surface area (Å²) in [6.45, 7) is 4.05. The number of aromatic nitrogens is 2. The Hall–Kier alpha value is -1.60. The molecule has 2 aromatic heterocycles. The molecule has 0 bridgehead atoms. The number of nitrogens with zero attached hydrogens (tertiary/aromatic N) is 3. The molecular weight excluding hydrogens is 292 g/mol. The molecule has 0 atom stereocenters. The monoisotopic (exact) mass is 308 g/mol. The molecule has 2 aromatic rings. The second-order valence-electron chi connectivity index (χ2n) is 4.03. The molecule has 0 aliphatic carbocycles. The van der Waals surface area contributed by atoms with E-state index in [9.17, 15) is 0 Å². The zero-order valence-electron chi connectivity index (χ0n) is 11.3. The lowest BCUT2D eigenvalue weighted by Crippen LogP contribution is -2.20. The molecule has 2 heterocycles. The molecule has 0 aliphatic rings. The van der Waals surface area contributed by atoms with Crippen LogP contribution in [0.15, 0.2) is 31.9 Å². The van der Waals surface area contributed by atoms with Gasteiger partial charge < -0.3 is 10.9 Å². The van der Waals surface area contributed by atoms with Crippen molar-refractivity contribution in [3.8, 4) is 0 Å². The minimum absolute atomic E-state index is 0.0884. The number of thiophene rings is 1. The lowest BCUT2D eigenvalue weighted by atomic mass is 10.0. The lowest BCUT2D eigenvalue weighted by molar-refractivity contribution is 0.318. The molecule has 0 aliphatic heterocycles. The number of amidine groups is 1. The Morgan fingerprint density at radius 2 is 2.20 bits per heavy atom. The van der Waals surface area contributed by atoms with Crippen LogP contribution in [0.1, 0.15) is 30.7 Å². The molecule has 0 unspecified atom stereocenters. The molecule has 5 nitrogen and oxygen atoms in total. The molecule has 0 saturated carbocycles. The van der Waals surface area contributed by atoms with Crippen molar-refractivity contribution in [1.82, 2.24) is 10.2 Å². The van der Waals surface area contributed by atoms with Crippen LogP contribution in [-0.2, 0) is 12.8 Å². The molecule has 106 valence electrons. The highest BCUT2D eigenvalue weighted by Gasteiger charge is 2.19. The molecule has 0 spiro atoms. The fraction of sp³-hybridized carbons (Fsp3) is 0.308. The Morgan fingerprint density at radius 1 is 1.40 bits per heavy atom. The number of rotatable bonds is 5. The minimum atomic E-state index is 0.0884. The van der Waals surface area contributed by atoms with Gasteiger partial charge in [0.05, 0.1) is 15.5 Å². The summed E-state index contributed by atoms with van der Waals surface area (Å²) in [5.41, 5.74) is 8.43. The molecule has 0 amide bonds. The third kappa shape index (κ3) is 2.94. The van der Waals surface area contributed by atoms with Gasteiger partial charge in [-0.25, -0.2) is 0 Å². The molecule has 0 saturated heterocycles. The summed E-state index contributed by atoms with van der Waals surface area (Å²) in [6.07, 6.45) is 1.54. The van der Waals surface area contributed by atoms with Gasteiger partial charge in [-0.1, -0.05) is 36.8 Å². The first kappa shape index (κ1) is 14.8. The molecule has 20 heavy (non-hydrogen) atoms. The van der Waals surface area contributed by atoms with Crippen molar-refractivity contribution in [3.05, 3.63) is 34.3 Å². The average Bonchev–Trinajstić information content (AvgIpc) is 2.98. The third-order valence-electron chi connectivity index (χ3n) is 2.87. The first-order chi connectivity index (χ1) is 9.71. The number of aryl methyl sites for hydroxylation is 1. The van der Waals surface area contributed by atoms with Crippen molar-refractivity contribution < 1.29 is 5.21 Å². The number of hydrogen-bond acceptors (Lipinski definition) is 6. The van der Waals surface area contributed by atoms with Crippen LogP contribution in [0.4, 0.5) is 0 Å². The maximum Gasteiger partial charge on any atom is 0.173 e. The zero-order valence-corrected chi connectivity index (χ0v) is 13.0. The zero-order chi connectivity index (χ0) is 14.5. The summed E-state index contributed by atoms with van der Waals surface area (Å²) in [6, 6.07) is 3.98. The fourth-order valence-corrected chi connectivity index (χ4v) is 3.75. The van der Waals surface area contributed by atoms with Crippen molar-refractivity contribution in [2.24, 2.45) is 10.9 Å². The quantitative estimate of drug-likeness (QED) is 0.384. The topological polar surface area (TPSA) is 84.4 Å². The fourth-order valence-electron chi connectivity index (χ4n) is 1.96. The predicted octanol–water partition coefficient (Wildman–Crippen LogP) is 2.91. The summed E-state index contributed by atoms with van der Waals surface area (Å²) < 4.78 is 1.09. The Bertz CT molecular complexity index is 611. The normalized spacial score (nSPS) is 11.8. The Morgan fingerprint density at radius 3 is 2.75 bits per heavy atom. The standard InChI is InChI=1S/C13H16N4OS2/c1-3-8-9(4-2)15-16-13(11(8)12(14)17-18)20-10-6-5-7-19-10/h5-7,18H,3-4H2,1-2H3,(H2,14,17). The molecule has 2 rings (SSSR count). The summed E-state index contributed by atoms with van der Waals surface area (Å²) in [4.78, 5) is 0. The van der Waals surface area contributed by atoms with Crippen LogP contribution < -0.4 is 5.73 Å². The van der Waals surface area contributed by atoms with E-state index in [0.29, 0.717) is 10.6 Å². The Kier molecular flexibility index (Phi) is 4.97. The van der Waals surface area contributed by atoms with Gasteiger partial charge in [0.15, 0.2) is 5.84 Å². The smallest absolute Gasteiger partial charge is 0.173 e. The Balaban J connectivity index is 2.55. The van der Waals surface area contributed by atoms with Gasteiger partial charge in [-0.05, 0) is 29.9 Å². The average molecular weight is 308 g/mol. The van der Waals surface area contributed by atoms with E-state index in [2.05, 4.69) is 15.4 Å². The van der Waals surface area contributed by atoms with Crippen molar-refractivity contribution >= 4 is 28.9 Å². The van der Waals surface area contributed by atoms with Crippen LogP contribution in [0.3, 0.4) is 0 Å². The van der Waals surface area contributed by atoms with Crippen LogP contribution in [0, 0.1) is 0 Å². The van der Waals surface area contributed by atoms with Crippen LogP contribution in [-0.4, -0.2) is 21.2 Å². The first-order valence-corrected chi connectivity index (χ1v) is 7.98. The van der Waals surface area contributed by atoms with E-state index in [-0.39, 0.29) is 5.84 Å². The highest BCUT2D eigenvalue weighted by molar-refractivity contribution is 8.01. The van der Waals surface area contributed by atoms with Gasteiger partial charge in [0, 0.05) is 0 Å². The molecule has 0 aromatic carbocycles. The Labute approximate surface area is 125 Å². The van der Waals surface area contributed by atoms with Crippen LogP contribution >= 0.6 is 23.1 Å². The van der Waals surface area contributed by atoms with Gasteiger partial charge in [0.1, 0.15) is 5.03 Å². The van der Waals surface area contributed by atoms with E-state index < -0.39 is 0 Å². The maximum atomic E-state index is 9.03. The molecular formula is C13H16N4OS2. The number of hydrogen-bond donors (Lipinski definition) is 2. The predicted molar refractivity (Wildman–Crippen MR) is 81.7 cm³/mol. The van der Waals surface area contributed by atoms with E-state index in [0.717, 1.165) is 28.3 Å². The van der Waals surface area contributed by atoms with E-state index in [4.69, 9.17) is 10.9 Å². The van der Waals surface area contributed by atoms with Gasteiger partial charge in [0.2, 0.25) is 0 Å². The van der Waals surface area contributed by atoms with Crippen molar-refractivity contribution in [2.75, 3.05) is 0 Å². The first-order valence-electron chi connectivity index (χ1n) is 6.28. The van der Waals surface area contributed by atoms with E-state index in [1.807, 2.05) is 31.4 Å². The number of oxime groups is 1. The van der Waals surface area contributed by atoms with Gasteiger partial charge >= 0.3 is 0 Å². The summed E-state index contributed by atoms with van der Waals surface area (Å²) >= 11 is 3.11. The van der Waals surface area contributed by atoms with Crippen LogP contribution in [0.2, 0.25) is 0 Å².